The minimum absolute atomic E-state index is 0.189. The molecular formula is C26H30N6O5S. The Morgan fingerprint density at radius 3 is 2.61 bits per heavy atom. The van der Waals surface area contributed by atoms with Crippen LogP contribution in [0.5, 0.6) is 5.75 Å². The van der Waals surface area contributed by atoms with E-state index < -0.39 is 23.7 Å². The summed E-state index contributed by atoms with van der Waals surface area (Å²) < 4.78 is 18.9. The van der Waals surface area contributed by atoms with Gasteiger partial charge in [-0.05, 0) is 50.8 Å². The number of carbonyl (C=O) groups excluding carboxylic acids is 2. The van der Waals surface area contributed by atoms with E-state index in [-0.39, 0.29) is 19.0 Å². The van der Waals surface area contributed by atoms with E-state index in [0.717, 1.165) is 26.3 Å². The van der Waals surface area contributed by atoms with Crippen molar-refractivity contribution in [2.24, 2.45) is 0 Å². The monoisotopic (exact) mass is 538 g/mol. The predicted octanol–water partition coefficient (Wildman–Crippen LogP) is 4.33. The average molecular weight is 539 g/mol. The first-order chi connectivity index (χ1) is 18.0. The molecule has 1 fully saturated rings. The average Bonchev–Trinajstić information content (AvgIpc) is 3.57. The number of nitrogen functional groups attached to an aromatic ring is 1. The zero-order chi connectivity index (χ0) is 27.4. The molecule has 11 nitrogen and oxygen atoms in total. The van der Waals surface area contributed by atoms with Crippen molar-refractivity contribution in [1.29, 1.82) is 0 Å². The highest BCUT2D eigenvalue weighted by Gasteiger charge is 2.44. The molecule has 2 unspecified atom stereocenters. The summed E-state index contributed by atoms with van der Waals surface area (Å²) in [6.07, 6.45) is 1.08. The maximum absolute atomic E-state index is 13.0. The Kier molecular flexibility index (Phi) is 6.38. The summed E-state index contributed by atoms with van der Waals surface area (Å²) in [5.41, 5.74) is 7.85. The summed E-state index contributed by atoms with van der Waals surface area (Å²) in [6.45, 7) is 7.54. The molecular weight excluding hydrogens is 508 g/mol. The first kappa shape index (κ1) is 25.7. The van der Waals surface area contributed by atoms with Gasteiger partial charge in [0.15, 0.2) is 5.65 Å². The number of amides is 1. The van der Waals surface area contributed by atoms with Gasteiger partial charge in [-0.15, -0.1) is 11.3 Å². The van der Waals surface area contributed by atoms with E-state index in [1.165, 1.54) is 29.7 Å². The van der Waals surface area contributed by atoms with Gasteiger partial charge in [-0.3, -0.25) is 4.90 Å². The fourth-order valence-electron chi connectivity index (χ4n) is 4.83. The molecule has 5 rings (SSSR count). The highest BCUT2D eigenvalue weighted by molar-refractivity contribution is 7.22. The molecule has 1 aliphatic heterocycles. The number of ether oxygens (including phenoxy) is 3. The molecule has 200 valence electrons. The van der Waals surface area contributed by atoms with Crippen LogP contribution in [0.25, 0.3) is 31.7 Å². The molecule has 2 atom stereocenters. The van der Waals surface area contributed by atoms with Gasteiger partial charge < -0.3 is 19.9 Å². The lowest BCUT2D eigenvalue weighted by atomic mass is 10.1. The molecule has 1 aromatic carbocycles. The van der Waals surface area contributed by atoms with Crippen molar-refractivity contribution in [3.63, 3.8) is 0 Å². The Hall–Kier alpha value is -3.93. The molecule has 0 bridgehead atoms. The molecule has 4 heterocycles. The Morgan fingerprint density at radius 1 is 1.16 bits per heavy atom. The van der Waals surface area contributed by atoms with E-state index in [2.05, 4.69) is 16.0 Å². The van der Waals surface area contributed by atoms with Crippen molar-refractivity contribution in [3.05, 3.63) is 30.1 Å². The van der Waals surface area contributed by atoms with Gasteiger partial charge >= 0.3 is 12.1 Å². The summed E-state index contributed by atoms with van der Waals surface area (Å²) in [5.74, 6) is 0.563. The van der Waals surface area contributed by atoms with Gasteiger partial charge in [-0.25, -0.2) is 24.2 Å². The van der Waals surface area contributed by atoms with Gasteiger partial charge in [0.05, 0.1) is 35.2 Å². The van der Waals surface area contributed by atoms with Crippen molar-refractivity contribution < 1.29 is 23.8 Å². The SMILES string of the molecule is COC(=O)C1CC(n2nc(-c3cc4cc(C)cc(OC)c4s3)c3c(N)ncnc32)CN1C(=O)OC(C)(C)C. The minimum Gasteiger partial charge on any atom is -0.495 e. The number of hydrogen-bond donors (Lipinski definition) is 1. The predicted molar refractivity (Wildman–Crippen MR) is 144 cm³/mol. The first-order valence-corrected chi connectivity index (χ1v) is 13.0. The van der Waals surface area contributed by atoms with Crippen molar-refractivity contribution in [2.75, 3.05) is 26.5 Å². The van der Waals surface area contributed by atoms with Crippen molar-refractivity contribution in [3.8, 4) is 16.3 Å². The van der Waals surface area contributed by atoms with Crippen LogP contribution >= 0.6 is 11.3 Å². The third-order valence-corrected chi connectivity index (χ3v) is 7.60. The molecule has 1 amide bonds. The number of fused-ring (bicyclic) bond motifs is 2. The minimum atomic E-state index is -0.821. The molecule has 2 N–H and O–H groups in total. The number of aryl methyl sites for hydroxylation is 1. The Bertz CT molecular complexity index is 1560. The number of carbonyl (C=O) groups is 2. The van der Waals surface area contributed by atoms with Crippen LogP contribution in [0.4, 0.5) is 10.6 Å². The number of thiophene rings is 1. The molecule has 1 aliphatic rings. The van der Waals surface area contributed by atoms with Gasteiger partial charge in [0.25, 0.3) is 0 Å². The third kappa shape index (κ3) is 4.49. The molecule has 38 heavy (non-hydrogen) atoms. The van der Waals surface area contributed by atoms with E-state index in [1.807, 2.05) is 19.1 Å². The molecule has 0 spiro atoms. The van der Waals surface area contributed by atoms with E-state index >= 15 is 0 Å². The van der Waals surface area contributed by atoms with Crippen LogP contribution < -0.4 is 10.5 Å². The number of nitrogens with two attached hydrogens (primary N) is 1. The highest BCUT2D eigenvalue weighted by atomic mass is 32.1. The first-order valence-electron chi connectivity index (χ1n) is 12.2. The Balaban J connectivity index is 1.61. The molecule has 0 aliphatic carbocycles. The molecule has 0 saturated carbocycles. The van der Waals surface area contributed by atoms with Gasteiger partial charge in [0.1, 0.15) is 35.2 Å². The molecule has 3 aromatic heterocycles. The van der Waals surface area contributed by atoms with Crippen molar-refractivity contribution in [2.45, 2.75) is 51.8 Å². The second-order valence-electron chi connectivity index (χ2n) is 10.3. The van der Waals surface area contributed by atoms with Gasteiger partial charge in [-0.2, -0.15) is 5.10 Å². The zero-order valence-electron chi connectivity index (χ0n) is 22.1. The van der Waals surface area contributed by atoms with Gasteiger partial charge in [-0.1, -0.05) is 6.07 Å². The van der Waals surface area contributed by atoms with Crippen molar-refractivity contribution in [1.82, 2.24) is 24.6 Å². The van der Waals surface area contributed by atoms with E-state index in [9.17, 15) is 9.59 Å². The maximum atomic E-state index is 13.0. The smallest absolute Gasteiger partial charge is 0.411 e. The molecule has 1 saturated heterocycles. The largest absolute Gasteiger partial charge is 0.495 e. The van der Waals surface area contributed by atoms with Crippen LogP contribution in [0.15, 0.2) is 24.5 Å². The van der Waals surface area contributed by atoms with Crippen LogP contribution in [0.3, 0.4) is 0 Å². The number of rotatable bonds is 4. The molecule has 12 heteroatoms. The zero-order valence-corrected chi connectivity index (χ0v) is 23.0. The maximum Gasteiger partial charge on any atom is 0.411 e. The summed E-state index contributed by atoms with van der Waals surface area (Å²) in [6, 6.07) is 4.94. The Morgan fingerprint density at radius 2 is 1.92 bits per heavy atom. The Labute approximate surface area is 223 Å². The summed E-state index contributed by atoms with van der Waals surface area (Å²) in [5, 5.41) is 6.58. The number of aromatic nitrogens is 4. The normalized spacial score (nSPS) is 17.8. The number of hydrogen-bond acceptors (Lipinski definition) is 10. The van der Waals surface area contributed by atoms with Crippen LogP contribution in [-0.4, -0.2) is 69.1 Å². The van der Waals surface area contributed by atoms with Crippen molar-refractivity contribution >= 4 is 50.3 Å². The fourth-order valence-corrected chi connectivity index (χ4v) is 5.95. The highest BCUT2D eigenvalue weighted by Crippen LogP contribution is 2.43. The van der Waals surface area contributed by atoms with E-state index in [1.54, 1.807) is 32.6 Å². The third-order valence-electron chi connectivity index (χ3n) is 6.42. The quantitative estimate of drug-likeness (QED) is 0.377. The van der Waals surface area contributed by atoms with Gasteiger partial charge in [0, 0.05) is 13.0 Å². The standard InChI is InChI=1S/C26H30N6O5S/c1-13-7-14-9-18(38-21(14)17(8-13)35-5)20-19-22(27)28-12-29-23(19)32(30-20)15-10-16(24(33)36-6)31(11-15)25(34)37-26(2,3)4/h7-9,12,15-16H,10-11H2,1-6H3,(H2,27,28,29). The van der Waals surface area contributed by atoms with Crippen LogP contribution in [0, 0.1) is 6.92 Å². The lowest BCUT2D eigenvalue weighted by Crippen LogP contribution is -2.43. The number of likely N-dealkylation sites (tertiary alicyclic amines) is 1. The number of nitrogens with zero attached hydrogens (tertiary/aromatic N) is 5. The second kappa shape index (κ2) is 9.43. The number of methoxy groups -OCH3 is 2. The summed E-state index contributed by atoms with van der Waals surface area (Å²) in [7, 11) is 2.95. The van der Waals surface area contributed by atoms with Crippen LogP contribution in [-0.2, 0) is 14.3 Å². The lowest BCUT2D eigenvalue weighted by Gasteiger charge is -2.27. The number of benzene rings is 1. The summed E-state index contributed by atoms with van der Waals surface area (Å²) in [4.78, 5) is 36.6. The van der Waals surface area contributed by atoms with E-state index in [4.69, 9.17) is 25.0 Å². The van der Waals surface area contributed by atoms with Crippen LogP contribution in [0.2, 0.25) is 0 Å². The van der Waals surface area contributed by atoms with E-state index in [0.29, 0.717) is 22.5 Å². The second-order valence-corrected chi connectivity index (χ2v) is 11.4. The topological polar surface area (TPSA) is 135 Å². The number of anilines is 1. The molecule has 0 radical (unpaired) electrons. The fraction of sp³-hybridized carbons (Fsp3) is 0.423. The van der Waals surface area contributed by atoms with Gasteiger partial charge in [0.2, 0.25) is 0 Å². The van der Waals surface area contributed by atoms with Crippen LogP contribution in [0.1, 0.15) is 38.8 Å². The lowest BCUT2D eigenvalue weighted by molar-refractivity contribution is -0.145. The summed E-state index contributed by atoms with van der Waals surface area (Å²) >= 11 is 1.54. The number of esters is 1. The molecule has 4 aromatic rings.